The van der Waals surface area contributed by atoms with Gasteiger partial charge in [-0.15, -0.1) is 0 Å². The van der Waals surface area contributed by atoms with Crippen molar-refractivity contribution in [3.05, 3.63) is 10.1 Å². The minimum Gasteiger partial charge on any atom is -0.481 e. The minimum absolute atomic E-state index is 0.0576. The van der Waals surface area contributed by atoms with Crippen LogP contribution in [0.2, 0.25) is 0 Å². The number of nitro groups is 1. The number of aliphatic carboxylic acids is 2. The van der Waals surface area contributed by atoms with E-state index in [0.29, 0.717) is 26.1 Å². The van der Waals surface area contributed by atoms with Crippen LogP contribution in [-0.2, 0) is 28.7 Å². The molecule has 0 bridgehead atoms. The van der Waals surface area contributed by atoms with Gasteiger partial charge in [-0.25, -0.2) is 0 Å². The van der Waals surface area contributed by atoms with Crippen molar-refractivity contribution in [2.75, 3.05) is 13.2 Å². The van der Waals surface area contributed by atoms with Crippen LogP contribution in [-0.4, -0.2) is 82.4 Å². The van der Waals surface area contributed by atoms with E-state index in [1.54, 1.807) is 0 Å². The van der Waals surface area contributed by atoms with Gasteiger partial charge in [0.1, 0.15) is 0 Å². The van der Waals surface area contributed by atoms with Gasteiger partial charge < -0.3 is 30.3 Å². The molecule has 4 N–H and O–H groups in total. The fraction of sp³-hybridized carbons (Fsp3) is 0.879. The van der Waals surface area contributed by atoms with Crippen LogP contribution in [0.1, 0.15) is 110 Å². The Labute approximate surface area is 271 Å². The van der Waals surface area contributed by atoms with Gasteiger partial charge in [-0.05, 0) is 70.6 Å². The molecule has 13 heteroatoms. The zero-order valence-electron chi connectivity index (χ0n) is 27.3. The van der Waals surface area contributed by atoms with E-state index in [1.165, 1.54) is 0 Å². The molecule has 4 rings (SSSR count). The third-order valence-electron chi connectivity index (χ3n) is 10.7. The highest BCUT2D eigenvalue weighted by Gasteiger charge is 2.44. The summed E-state index contributed by atoms with van der Waals surface area (Å²) in [6.07, 6.45) is 9.79. The van der Waals surface area contributed by atoms with E-state index >= 15 is 0 Å². The van der Waals surface area contributed by atoms with Crippen LogP contribution >= 0.6 is 0 Å². The predicted octanol–water partition coefficient (Wildman–Crippen LogP) is 3.94. The number of nitrogens with zero attached hydrogens (tertiary/aromatic N) is 1. The number of carbonyl (C=O) groups excluding carboxylic acids is 2. The quantitative estimate of drug-likeness (QED) is 0.167. The average molecular weight is 652 g/mol. The molecule has 0 aromatic heterocycles. The molecule has 0 aromatic carbocycles. The van der Waals surface area contributed by atoms with Gasteiger partial charge in [0, 0.05) is 35.3 Å². The van der Waals surface area contributed by atoms with E-state index < -0.39 is 46.6 Å². The molecule has 4 saturated carbocycles. The van der Waals surface area contributed by atoms with E-state index in [2.05, 4.69) is 24.5 Å². The third kappa shape index (κ3) is 10.1. The van der Waals surface area contributed by atoms with Gasteiger partial charge in [0.15, 0.2) is 0 Å². The van der Waals surface area contributed by atoms with E-state index in [1.807, 2.05) is 0 Å². The Morgan fingerprint density at radius 2 is 1.11 bits per heavy atom. The summed E-state index contributed by atoms with van der Waals surface area (Å²) in [5, 5.41) is 36.4. The lowest BCUT2D eigenvalue weighted by Crippen LogP contribution is -2.48. The molecule has 0 radical (unpaired) electrons. The Balaban J connectivity index is 1.10. The lowest BCUT2D eigenvalue weighted by atomic mass is 9.76. The summed E-state index contributed by atoms with van der Waals surface area (Å²) in [6.45, 7) is 5.30. The zero-order chi connectivity index (χ0) is 33.4. The van der Waals surface area contributed by atoms with Gasteiger partial charge in [-0.2, -0.15) is 0 Å². The van der Waals surface area contributed by atoms with Crippen molar-refractivity contribution in [3.63, 3.8) is 0 Å². The molecule has 260 valence electrons. The molecule has 5 atom stereocenters. The topological polar surface area (TPSA) is 194 Å². The first-order valence-electron chi connectivity index (χ1n) is 17.3. The lowest BCUT2D eigenvalue weighted by molar-refractivity contribution is -0.528. The van der Waals surface area contributed by atoms with Crippen LogP contribution in [0.3, 0.4) is 0 Å². The highest BCUT2D eigenvalue weighted by Crippen LogP contribution is 2.34. The molecule has 2 amide bonds. The Morgan fingerprint density at radius 1 is 0.674 bits per heavy atom. The Kier molecular flexibility index (Phi) is 12.8. The van der Waals surface area contributed by atoms with Gasteiger partial charge in [0.25, 0.3) is 0 Å². The van der Waals surface area contributed by atoms with Crippen LogP contribution in [0.4, 0.5) is 0 Å². The molecule has 13 nitrogen and oxygen atoms in total. The maximum absolute atomic E-state index is 12.9. The molecular formula is C33H53N3O10. The summed E-state index contributed by atoms with van der Waals surface area (Å²) in [4.78, 5) is 59.8. The molecule has 46 heavy (non-hydrogen) atoms. The summed E-state index contributed by atoms with van der Waals surface area (Å²) in [7, 11) is 0. The van der Waals surface area contributed by atoms with Crippen molar-refractivity contribution in [2.24, 2.45) is 29.1 Å². The van der Waals surface area contributed by atoms with E-state index in [9.17, 15) is 39.5 Å². The third-order valence-corrected chi connectivity index (χ3v) is 10.7. The van der Waals surface area contributed by atoms with Crippen molar-refractivity contribution in [1.82, 2.24) is 10.6 Å². The van der Waals surface area contributed by atoms with Crippen molar-refractivity contribution < 1.29 is 43.8 Å². The SMILES string of the molecule is CC(C)(COC1CCC(NC(=O)C2CCCCC2C(=O)O)CC1)COC1CCC(NC(=O)C2CCC([N+](=O)[O-])CC2C(=O)O)CC1. The standard InChI is InChI=1S/C33H53N3O10/c1-33(2,18-45-23-12-7-20(8-13-23)34-29(37)25-5-3-4-6-27(25)31(39)40)19-46-24-14-9-21(10-15-24)35-30(38)26-16-11-22(36(43)44)17-28(26)32(41)42/h20-28H,3-19H2,1-2H3,(H,34,37)(H,35,38)(H,39,40)(H,41,42). The Bertz CT molecular complexity index is 1080. The number of carboxylic acid groups (broad SMARTS) is 2. The Hall–Kier alpha value is -2.80. The predicted molar refractivity (Wildman–Crippen MR) is 166 cm³/mol. The molecule has 4 fully saturated rings. The first-order valence-corrected chi connectivity index (χ1v) is 17.3. The second kappa shape index (κ2) is 16.3. The summed E-state index contributed by atoms with van der Waals surface area (Å²) < 4.78 is 12.5. The van der Waals surface area contributed by atoms with Crippen molar-refractivity contribution in [2.45, 2.75) is 140 Å². The van der Waals surface area contributed by atoms with Gasteiger partial charge in [-0.3, -0.25) is 29.3 Å². The van der Waals surface area contributed by atoms with Crippen LogP contribution in [0, 0.1) is 39.2 Å². The van der Waals surface area contributed by atoms with Gasteiger partial charge in [0.2, 0.25) is 17.9 Å². The van der Waals surface area contributed by atoms with Crippen molar-refractivity contribution >= 4 is 23.8 Å². The number of carboxylic acids is 2. The van der Waals surface area contributed by atoms with Crippen molar-refractivity contribution in [3.8, 4) is 0 Å². The molecule has 0 saturated heterocycles. The van der Waals surface area contributed by atoms with Gasteiger partial charge in [0.05, 0.1) is 49.1 Å². The summed E-state index contributed by atoms with van der Waals surface area (Å²) in [5.41, 5.74) is -0.197. The molecule has 0 aromatic rings. The normalized spacial score (nSPS) is 33.8. The number of carbonyl (C=O) groups is 4. The second-order valence-corrected chi connectivity index (χ2v) is 14.9. The summed E-state index contributed by atoms with van der Waals surface area (Å²) in [5.74, 6) is -5.25. The molecule has 0 heterocycles. The maximum Gasteiger partial charge on any atom is 0.307 e. The van der Waals surface area contributed by atoms with Crippen LogP contribution in [0.25, 0.3) is 0 Å². The first kappa shape index (κ1) is 36.0. The number of rotatable bonds is 13. The highest BCUT2D eigenvalue weighted by molar-refractivity contribution is 5.85. The molecule has 4 aliphatic carbocycles. The summed E-state index contributed by atoms with van der Waals surface area (Å²) >= 11 is 0. The van der Waals surface area contributed by atoms with Crippen molar-refractivity contribution in [1.29, 1.82) is 0 Å². The average Bonchev–Trinajstić information content (AvgIpc) is 3.03. The molecule has 5 unspecified atom stereocenters. The monoisotopic (exact) mass is 651 g/mol. The van der Waals surface area contributed by atoms with E-state index in [4.69, 9.17) is 9.47 Å². The number of amides is 2. The van der Waals surface area contributed by atoms with Gasteiger partial charge in [-0.1, -0.05) is 26.7 Å². The number of ether oxygens (including phenoxy) is 2. The fourth-order valence-electron chi connectivity index (χ4n) is 7.76. The number of hydrogen-bond donors (Lipinski definition) is 4. The Morgan fingerprint density at radius 3 is 1.54 bits per heavy atom. The highest BCUT2D eigenvalue weighted by atomic mass is 16.6. The lowest BCUT2D eigenvalue weighted by Gasteiger charge is -2.35. The number of nitrogens with one attached hydrogen (secondary N) is 2. The molecule has 0 spiro atoms. The minimum atomic E-state index is -1.15. The molecular weight excluding hydrogens is 598 g/mol. The molecule has 4 aliphatic rings. The number of hydrogen-bond acceptors (Lipinski definition) is 8. The van der Waals surface area contributed by atoms with Crippen LogP contribution < -0.4 is 10.6 Å². The second-order valence-electron chi connectivity index (χ2n) is 14.9. The maximum atomic E-state index is 12.9. The largest absolute Gasteiger partial charge is 0.481 e. The first-order chi connectivity index (χ1) is 21.8. The smallest absolute Gasteiger partial charge is 0.307 e. The van der Waals surface area contributed by atoms with E-state index in [-0.39, 0.29) is 60.8 Å². The van der Waals surface area contributed by atoms with Crippen LogP contribution in [0.15, 0.2) is 0 Å². The zero-order valence-corrected chi connectivity index (χ0v) is 27.3. The van der Waals surface area contributed by atoms with E-state index in [0.717, 1.165) is 64.2 Å². The summed E-state index contributed by atoms with van der Waals surface area (Å²) in [6, 6.07) is -0.918. The fourth-order valence-corrected chi connectivity index (χ4v) is 7.76. The van der Waals surface area contributed by atoms with Gasteiger partial charge >= 0.3 is 11.9 Å². The molecule has 0 aliphatic heterocycles. The van der Waals surface area contributed by atoms with Crippen LogP contribution in [0.5, 0.6) is 0 Å².